The number of halogens is 5. The van der Waals surface area contributed by atoms with E-state index < -0.39 is 40.0 Å². The molecule has 0 N–H and O–H groups in total. The molecule has 1 heterocycles. The summed E-state index contributed by atoms with van der Waals surface area (Å²) in [5.41, 5.74) is -0.683. The minimum atomic E-state index is -4.55. The van der Waals surface area contributed by atoms with E-state index in [1.807, 2.05) is 20.8 Å². The van der Waals surface area contributed by atoms with Crippen molar-refractivity contribution >= 4 is 28.0 Å². The molecule has 2 aromatic carbocycles. The first-order valence-electron chi connectivity index (χ1n) is 11.1. The highest BCUT2D eigenvalue weighted by atomic mass is 32.2. The smallest absolute Gasteiger partial charge is 0.417 e. The van der Waals surface area contributed by atoms with E-state index in [-0.39, 0.29) is 16.5 Å². The van der Waals surface area contributed by atoms with Crippen molar-refractivity contribution in [1.29, 1.82) is 0 Å². The quantitative estimate of drug-likeness (QED) is 0.195. The minimum absolute atomic E-state index is 0.00328. The molecule has 0 unspecified atom stereocenters. The normalized spacial score (nSPS) is 14.7. The highest BCUT2D eigenvalue weighted by Crippen LogP contribution is 2.39. The van der Waals surface area contributed by atoms with Crippen molar-refractivity contribution in [1.82, 2.24) is 4.57 Å². The second kappa shape index (κ2) is 9.58. The Kier molecular flexibility index (Phi) is 7.44. The summed E-state index contributed by atoms with van der Waals surface area (Å²) in [6.45, 7) is 11.3. The van der Waals surface area contributed by atoms with Crippen molar-refractivity contribution in [2.75, 3.05) is 0 Å². The topological polar surface area (TPSA) is 40.3 Å². The summed E-state index contributed by atoms with van der Waals surface area (Å²) in [5.74, 6) is 0. The van der Waals surface area contributed by atoms with Gasteiger partial charge in [0.25, 0.3) is 6.43 Å². The first kappa shape index (κ1) is 27.2. The molecule has 0 aliphatic rings. The molecule has 3 aromatic rings. The molecule has 0 saturated heterocycles. The average molecular weight is 513 g/mol. The highest BCUT2D eigenvalue weighted by molar-refractivity contribution is 7.91. The van der Waals surface area contributed by atoms with Gasteiger partial charge in [0.2, 0.25) is 0 Å². The zero-order valence-electron chi connectivity index (χ0n) is 20.5. The van der Waals surface area contributed by atoms with Crippen molar-refractivity contribution in [2.24, 2.45) is 9.81 Å². The van der Waals surface area contributed by atoms with Crippen LogP contribution in [-0.4, -0.2) is 26.0 Å². The van der Waals surface area contributed by atoms with Crippen molar-refractivity contribution in [2.45, 2.75) is 65.4 Å². The lowest BCUT2D eigenvalue weighted by atomic mass is 9.96. The lowest BCUT2D eigenvalue weighted by molar-refractivity contribution is -0.137. The molecule has 9 heteroatoms. The Labute approximate surface area is 205 Å². The fraction of sp³-hybridized carbons (Fsp3) is 0.423. The zero-order valence-corrected chi connectivity index (χ0v) is 21.3. The number of alkyl halides is 5. The number of hydrogen-bond donors (Lipinski definition) is 0. The van der Waals surface area contributed by atoms with Crippen LogP contribution in [0.25, 0.3) is 22.0 Å². The Hall–Kier alpha value is -2.39. The van der Waals surface area contributed by atoms with E-state index >= 15 is 0 Å². The van der Waals surface area contributed by atoms with Crippen LogP contribution < -0.4 is 0 Å². The maximum absolute atomic E-state index is 14.1. The molecule has 0 radical (unpaired) electrons. The number of benzene rings is 2. The molecule has 35 heavy (non-hydrogen) atoms. The van der Waals surface area contributed by atoms with Gasteiger partial charge in [-0.25, -0.2) is 8.78 Å². The molecule has 3 nitrogen and oxygen atoms in total. The van der Waals surface area contributed by atoms with Crippen LogP contribution in [0.5, 0.6) is 0 Å². The van der Waals surface area contributed by atoms with E-state index in [2.05, 4.69) is 4.40 Å². The van der Waals surface area contributed by atoms with Gasteiger partial charge in [-0.2, -0.15) is 13.2 Å². The SMILES string of the molecule is CC(C)(C)Cn1cc(/C(=N\[S@@+]([O-])C(C)(C)C)C(F)F)c2ccc(-c3ccccc3C(F)(F)F)cc21. The monoisotopic (exact) mass is 512 g/mol. The van der Waals surface area contributed by atoms with Gasteiger partial charge in [0.1, 0.15) is 16.1 Å². The summed E-state index contributed by atoms with van der Waals surface area (Å²) in [6.07, 6.45) is -6.00. The fourth-order valence-corrected chi connectivity index (χ4v) is 4.35. The van der Waals surface area contributed by atoms with Crippen LogP contribution in [0.15, 0.2) is 53.1 Å². The first-order chi connectivity index (χ1) is 16.0. The standard InChI is InChI=1S/C26H29F5N2OS/c1-24(2,3)15-33-14-19(22(23(27)28)32-35(34)25(4,5)6)18-12-11-16(13-21(18)33)17-9-7-8-10-20(17)26(29,30)31/h7-14,23H,15H2,1-6H3/b32-22+/t35-/m0/s1. The first-order valence-corrected chi connectivity index (χ1v) is 12.2. The number of nitrogens with zero attached hydrogens (tertiary/aromatic N) is 2. The van der Waals surface area contributed by atoms with Gasteiger partial charge in [0, 0.05) is 29.2 Å². The van der Waals surface area contributed by atoms with Gasteiger partial charge in [-0.15, -0.1) is 0 Å². The molecular weight excluding hydrogens is 483 g/mol. The number of aromatic nitrogens is 1. The van der Waals surface area contributed by atoms with Crippen molar-refractivity contribution in [3.05, 3.63) is 59.8 Å². The Balaban J connectivity index is 2.28. The summed E-state index contributed by atoms with van der Waals surface area (Å²) in [6, 6.07) is 9.86. The van der Waals surface area contributed by atoms with Crippen molar-refractivity contribution in [3.8, 4) is 11.1 Å². The molecule has 0 spiro atoms. The van der Waals surface area contributed by atoms with Gasteiger partial charge < -0.3 is 9.12 Å². The molecule has 0 saturated carbocycles. The molecular formula is C26H29F5N2OS. The van der Waals surface area contributed by atoms with E-state index in [1.165, 1.54) is 36.5 Å². The van der Waals surface area contributed by atoms with E-state index in [0.29, 0.717) is 23.0 Å². The van der Waals surface area contributed by atoms with Crippen LogP contribution in [0.3, 0.4) is 0 Å². The van der Waals surface area contributed by atoms with E-state index in [4.69, 9.17) is 0 Å². The maximum atomic E-state index is 14.1. The van der Waals surface area contributed by atoms with E-state index in [9.17, 15) is 26.5 Å². The van der Waals surface area contributed by atoms with Gasteiger partial charge in [-0.1, -0.05) is 55.5 Å². The van der Waals surface area contributed by atoms with Crippen molar-refractivity contribution < 1.29 is 26.5 Å². The predicted octanol–water partition coefficient (Wildman–Crippen LogP) is 7.89. The second-order valence-corrected chi connectivity index (χ2v) is 12.6. The molecule has 1 aromatic heterocycles. The van der Waals surface area contributed by atoms with E-state index in [1.54, 1.807) is 31.4 Å². The van der Waals surface area contributed by atoms with Gasteiger partial charge >= 0.3 is 6.18 Å². The Morgan fingerprint density at radius 1 is 1.00 bits per heavy atom. The van der Waals surface area contributed by atoms with Crippen LogP contribution in [-0.2, 0) is 24.1 Å². The minimum Gasteiger partial charge on any atom is -0.591 e. The number of hydrogen-bond acceptors (Lipinski definition) is 2. The molecule has 0 aliphatic heterocycles. The Morgan fingerprint density at radius 3 is 2.17 bits per heavy atom. The maximum Gasteiger partial charge on any atom is 0.417 e. The molecule has 3 rings (SSSR count). The second-order valence-electron chi connectivity index (χ2n) is 10.6. The third-order valence-electron chi connectivity index (χ3n) is 5.26. The summed E-state index contributed by atoms with van der Waals surface area (Å²) < 4.78 is 86.5. The van der Waals surface area contributed by atoms with Gasteiger partial charge in [0.05, 0.1) is 5.56 Å². The average Bonchev–Trinajstić information content (AvgIpc) is 3.06. The van der Waals surface area contributed by atoms with Gasteiger partial charge in [-0.05, 0) is 49.4 Å². The van der Waals surface area contributed by atoms with E-state index in [0.717, 1.165) is 6.07 Å². The van der Waals surface area contributed by atoms with Gasteiger partial charge in [-0.3, -0.25) is 0 Å². The third-order valence-corrected chi connectivity index (χ3v) is 6.67. The molecule has 1 atom stereocenters. The fourth-order valence-electron chi connectivity index (χ4n) is 3.72. The molecule has 190 valence electrons. The predicted molar refractivity (Wildman–Crippen MR) is 132 cm³/mol. The highest BCUT2D eigenvalue weighted by Gasteiger charge is 2.34. The molecule has 0 bridgehead atoms. The van der Waals surface area contributed by atoms with Crippen LogP contribution in [0.2, 0.25) is 0 Å². The summed E-state index contributed by atoms with van der Waals surface area (Å²) in [5, 5.41) is 0.410. The zero-order chi connectivity index (χ0) is 26.3. The van der Waals surface area contributed by atoms with Crippen molar-refractivity contribution in [3.63, 3.8) is 0 Å². The third kappa shape index (κ3) is 6.25. The summed E-state index contributed by atoms with van der Waals surface area (Å²) >= 11 is -1.91. The molecule has 0 aliphatic carbocycles. The molecule has 0 fully saturated rings. The van der Waals surface area contributed by atoms with Gasteiger partial charge in [0.15, 0.2) is 5.71 Å². The van der Waals surface area contributed by atoms with Crippen LogP contribution >= 0.6 is 0 Å². The lowest BCUT2D eigenvalue weighted by Crippen LogP contribution is -2.28. The summed E-state index contributed by atoms with van der Waals surface area (Å²) in [4.78, 5) is 0. The number of rotatable bonds is 5. The summed E-state index contributed by atoms with van der Waals surface area (Å²) in [7, 11) is 0. The largest absolute Gasteiger partial charge is 0.591 e. The number of fused-ring (bicyclic) bond motifs is 1. The van der Waals surface area contributed by atoms with Crippen LogP contribution in [0.4, 0.5) is 22.0 Å². The Bertz CT molecular complexity index is 1230. The molecule has 0 amide bonds. The van der Waals surface area contributed by atoms with Crippen LogP contribution in [0.1, 0.15) is 52.7 Å². The van der Waals surface area contributed by atoms with Crippen LogP contribution in [0, 0.1) is 5.41 Å². The lowest BCUT2D eigenvalue weighted by Gasteiger charge is -2.20. The Morgan fingerprint density at radius 2 is 1.63 bits per heavy atom.